The van der Waals surface area contributed by atoms with Crippen molar-refractivity contribution in [3.05, 3.63) is 24.3 Å². The highest BCUT2D eigenvalue weighted by Crippen LogP contribution is 2.15. The number of carbonyl (C=O) groups is 1. The van der Waals surface area contributed by atoms with Gasteiger partial charge in [0.05, 0.1) is 18.8 Å². The molecule has 0 aromatic heterocycles. The smallest absolute Gasteiger partial charge is 0.220 e. The lowest BCUT2D eigenvalue weighted by Gasteiger charge is -2.26. The monoisotopic (exact) mass is 551 g/mol. The molecule has 0 aromatic carbocycles. The van der Waals surface area contributed by atoms with Gasteiger partial charge in [-0.25, -0.2) is 0 Å². The Morgan fingerprint density at radius 1 is 0.667 bits per heavy atom. The van der Waals surface area contributed by atoms with Gasteiger partial charge in [0.25, 0.3) is 0 Å². The van der Waals surface area contributed by atoms with Gasteiger partial charge in [-0.05, 0) is 45.4 Å². The number of hydrogen-bond donors (Lipinski definition) is 4. The molecule has 5 heteroatoms. The van der Waals surface area contributed by atoms with Crippen LogP contribution in [0.4, 0.5) is 0 Å². The van der Waals surface area contributed by atoms with E-state index in [4.69, 9.17) is 0 Å². The van der Waals surface area contributed by atoms with Crippen LogP contribution in [0.25, 0.3) is 0 Å². The average molecular weight is 552 g/mol. The SMILES string of the molecule is C/C=C/CC/C=C/CCCC(O)C(O)C(CO)NC(=O)CCCCCCCCCCCCCCCCCCC. The molecule has 39 heavy (non-hydrogen) atoms. The number of unbranched alkanes of at least 4 members (excludes halogenated alkanes) is 18. The Kier molecular flexibility index (Phi) is 28.9. The van der Waals surface area contributed by atoms with Crippen LogP contribution in [0, 0.1) is 0 Å². The van der Waals surface area contributed by atoms with E-state index in [0.717, 1.165) is 44.9 Å². The first-order chi connectivity index (χ1) is 19.1. The van der Waals surface area contributed by atoms with Gasteiger partial charge in [-0.1, -0.05) is 134 Å². The van der Waals surface area contributed by atoms with E-state index >= 15 is 0 Å². The summed E-state index contributed by atoms with van der Waals surface area (Å²) >= 11 is 0. The third-order valence-electron chi connectivity index (χ3n) is 7.63. The second-order valence-electron chi connectivity index (χ2n) is 11.4. The number of aliphatic hydroxyl groups excluding tert-OH is 3. The Balaban J connectivity index is 3.67. The summed E-state index contributed by atoms with van der Waals surface area (Å²) in [6.45, 7) is 3.91. The van der Waals surface area contributed by atoms with Gasteiger partial charge in [0.15, 0.2) is 0 Å². The summed E-state index contributed by atoms with van der Waals surface area (Å²) in [6.07, 6.45) is 32.9. The largest absolute Gasteiger partial charge is 0.394 e. The average Bonchev–Trinajstić information content (AvgIpc) is 2.94. The molecule has 0 aliphatic heterocycles. The second-order valence-corrected chi connectivity index (χ2v) is 11.4. The van der Waals surface area contributed by atoms with E-state index < -0.39 is 18.2 Å². The van der Waals surface area contributed by atoms with Crippen molar-refractivity contribution >= 4 is 5.91 Å². The Labute approximate surface area is 241 Å². The molecule has 0 fully saturated rings. The molecule has 3 unspecified atom stereocenters. The first-order valence-corrected chi connectivity index (χ1v) is 16.6. The van der Waals surface area contributed by atoms with Gasteiger partial charge in [-0.3, -0.25) is 4.79 Å². The van der Waals surface area contributed by atoms with E-state index in [9.17, 15) is 20.1 Å². The molecule has 4 N–H and O–H groups in total. The zero-order valence-corrected chi connectivity index (χ0v) is 25.8. The van der Waals surface area contributed by atoms with Crippen molar-refractivity contribution in [3.8, 4) is 0 Å². The zero-order valence-electron chi connectivity index (χ0n) is 25.8. The molecular formula is C34H65NO4. The minimum atomic E-state index is -1.16. The number of aliphatic hydroxyl groups is 3. The summed E-state index contributed by atoms with van der Waals surface area (Å²) in [6, 6.07) is -0.824. The highest BCUT2D eigenvalue weighted by Gasteiger charge is 2.26. The normalized spacial score (nSPS) is 14.3. The molecule has 3 atom stereocenters. The lowest BCUT2D eigenvalue weighted by molar-refractivity contribution is -0.124. The minimum absolute atomic E-state index is 0.162. The third-order valence-corrected chi connectivity index (χ3v) is 7.63. The van der Waals surface area contributed by atoms with E-state index in [1.165, 1.54) is 89.9 Å². The summed E-state index contributed by atoms with van der Waals surface area (Å²) < 4.78 is 0. The van der Waals surface area contributed by atoms with Crippen LogP contribution in [0.1, 0.15) is 162 Å². The molecule has 0 bridgehead atoms. The maximum atomic E-state index is 12.3. The predicted octanol–water partition coefficient (Wildman–Crippen LogP) is 8.31. The minimum Gasteiger partial charge on any atom is -0.394 e. The molecule has 0 spiro atoms. The molecule has 0 aliphatic carbocycles. The van der Waals surface area contributed by atoms with Crippen LogP contribution in [0.5, 0.6) is 0 Å². The van der Waals surface area contributed by atoms with Crippen LogP contribution in [0.15, 0.2) is 24.3 Å². The summed E-state index contributed by atoms with van der Waals surface area (Å²) in [5.41, 5.74) is 0. The summed E-state index contributed by atoms with van der Waals surface area (Å²) in [4.78, 5) is 12.3. The molecule has 0 aromatic rings. The fourth-order valence-corrected chi connectivity index (χ4v) is 5.01. The fourth-order valence-electron chi connectivity index (χ4n) is 5.01. The van der Waals surface area contributed by atoms with E-state index in [0.29, 0.717) is 12.8 Å². The van der Waals surface area contributed by atoms with Crippen molar-refractivity contribution < 1.29 is 20.1 Å². The molecule has 1 amide bonds. The van der Waals surface area contributed by atoms with Crippen LogP contribution in [0.2, 0.25) is 0 Å². The van der Waals surface area contributed by atoms with Crippen molar-refractivity contribution in [2.45, 2.75) is 180 Å². The molecule has 0 aliphatic rings. The van der Waals surface area contributed by atoms with Crippen molar-refractivity contribution in [2.75, 3.05) is 6.61 Å². The van der Waals surface area contributed by atoms with Crippen molar-refractivity contribution in [1.82, 2.24) is 5.32 Å². The Bertz CT molecular complexity index is 578. The number of nitrogens with one attached hydrogen (secondary N) is 1. The molecule has 230 valence electrons. The Hall–Kier alpha value is -1.17. The highest BCUT2D eigenvalue weighted by atomic mass is 16.3. The molecule has 0 saturated heterocycles. The van der Waals surface area contributed by atoms with Crippen LogP contribution in [-0.4, -0.2) is 46.1 Å². The maximum Gasteiger partial charge on any atom is 0.220 e. The van der Waals surface area contributed by atoms with Gasteiger partial charge >= 0.3 is 0 Å². The quantitative estimate of drug-likeness (QED) is 0.0556. The Morgan fingerprint density at radius 3 is 1.62 bits per heavy atom. The molecule has 0 radical (unpaired) electrons. The van der Waals surface area contributed by atoms with Crippen LogP contribution >= 0.6 is 0 Å². The predicted molar refractivity (Wildman–Crippen MR) is 167 cm³/mol. The van der Waals surface area contributed by atoms with Gasteiger partial charge < -0.3 is 20.6 Å². The molecule has 0 rings (SSSR count). The van der Waals surface area contributed by atoms with Crippen molar-refractivity contribution in [1.29, 1.82) is 0 Å². The van der Waals surface area contributed by atoms with Gasteiger partial charge in [0.1, 0.15) is 6.10 Å². The van der Waals surface area contributed by atoms with Gasteiger partial charge in [-0.15, -0.1) is 0 Å². The van der Waals surface area contributed by atoms with Crippen molar-refractivity contribution in [2.24, 2.45) is 0 Å². The number of rotatable bonds is 29. The first kappa shape index (κ1) is 37.8. The molecule has 5 nitrogen and oxygen atoms in total. The van der Waals surface area contributed by atoms with E-state index in [-0.39, 0.29) is 12.5 Å². The van der Waals surface area contributed by atoms with Crippen LogP contribution < -0.4 is 5.32 Å². The molecular weight excluding hydrogens is 486 g/mol. The number of allylic oxidation sites excluding steroid dienone is 4. The number of carbonyl (C=O) groups excluding carboxylic acids is 1. The topological polar surface area (TPSA) is 89.8 Å². The van der Waals surface area contributed by atoms with Crippen molar-refractivity contribution in [3.63, 3.8) is 0 Å². The van der Waals surface area contributed by atoms with E-state index in [1.54, 1.807) is 0 Å². The van der Waals surface area contributed by atoms with Crippen LogP contribution in [-0.2, 0) is 4.79 Å². The Morgan fingerprint density at radius 2 is 1.13 bits per heavy atom. The highest BCUT2D eigenvalue weighted by molar-refractivity contribution is 5.76. The third kappa shape index (κ3) is 25.5. The lowest BCUT2D eigenvalue weighted by atomic mass is 10.0. The van der Waals surface area contributed by atoms with Gasteiger partial charge in [-0.2, -0.15) is 0 Å². The zero-order chi connectivity index (χ0) is 28.8. The first-order valence-electron chi connectivity index (χ1n) is 16.6. The lowest BCUT2D eigenvalue weighted by Crippen LogP contribution is -2.50. The number of amides is 1. The van der Waals surface area contributed by atoms with Gasteiger partial charge in [0.2, 0.25) is 5.91 Å². The summed E-state index contributed by atoms with van der Waals surface area (Å²) in [5, 5.41) is 33.0. The van der Waals surface area contributed by atoms with E-state index in [1.807, 2.05) is 13.0 Å². The second kappa shape index (κ2) is 29.8. The molecule has 0 saturated carbocycles. The molecule has 0 heterocycles. The maximum absolute atomic E-state index is 12.3. The fraction of sp³-hybridized carbons (Fsp3) is 0.853. The van der Waals surface area contributed by atoms with Gasteiger partial charge in [0, 0.05) is 6.42 Å². The summed E-state index contributed by atoms with van der Waals surface area (Å²) in [5.74, 6) is -0.162. The number of hydrogen-bond acceptors (Lipinski definition) is 4. The summed E-state index contributed by atoms with van der Waals surface area (Å²) in [7, 11) is 0. The van der Waals surface area contributed by atoms with E-state index in [2.05, 4.69) is 30.5 Å². The van der Waals surface area contributed by atoms with Crippen LogP contribution in [0.3, 0.4) is 0 Å². The standard InChI is InChI=1S/C34H65NO4/c1-3-5-7-9-11-13-14-15-16-17-18-19-20-21-23-25-27-29-33(38)35-31(30-36)34(39)32(37)28-26-24-22-12-10-8-6-4-2/h4,6,12,22,31-32,34,36-37,39H,3,5,7-11,13-21,23-30H2,1-2H3,(H,35,38)/b6-4+,22-12+.